The molecular formula is C24H23ClN4O4. The number of amides is 3. The minimum atomic E-state index is -0.279. The molecular weight excluding hydrogens is 444 g/mol. The summed E-state index contributed by atoms with van der Waals surface area (Å²) in [6.07, 6.45) is 5.56. The summed E-state index contributed by atoms with van der Waals surface area (Å²) in [6, 6.07) is 10.5. The van der Waals surface area contributed by atoms with Crippen molar-refractivity contribution >= 4 is 40.1 Å². The average molecular weight is 467 g/mol. The van der Waals surface area contributed by atoms with Crippen LogP contribution in [0.1, 0.15) is 36.0 Å². The number of ether oxygens (including phenoxy) is 2. The molecule has 5 rings (SSSR count). The number of rotatable bonds is 7. The van der Waals surface area contributed by atoms with E-state index in [0.717, 1.165) is 25.7 Å². The fraction of sp³-hybridized carbons (Fsp3) is 0.292. The van der Waals surface area contributed by atoms with Gasteiger partial charge in [0.15, 0.2) is 0 Å². The lowest BCUT2D eigenvalue weighted by atomic mass is 10.1. The molecule has 3 amide bonds. The van der Waals surface area contributed by atoms with Crippen LogP contribution in [0.3, 0.4) is 0 Å². The number of urea groups is 1. The molecule has 1 aromatic heterocycles. The number of hydrogen-bond donors (Lipinski definition) is 3. The van der Waals surface area contributed by atoms with Gasteiger partial charge in [-0.25, -0.2) is 4.79 Å². The summed E-state index contributed by atoms with van der Waals surface area (Å²) in [6.45, 7) is 0. The highest BCUT2D eigenvalue weighted by molar-refractivity contribution is 6.33. The first-order valence-corrected chi connectivity index (χ1v) is 11.2. The lowest BCUT2D eigenvalue weighted by molar-refractivity contribution is 0.0949. The van der Waals surface area contributed by atoms with Crippen molar-refractivity contribution in [3.8, 4) is 17.2 Å². The second-order valence-corrected chi connectivity index (χ2v) is 8.62. The first kappa shape index (κ1) is 21.3. The normalized spacial score (nSPS) is 15.1. The van der Waals surface area contributed by atoms with Crippen LogP contribution in [0.4, 0.5) is 10.5 Å². The Morgan fingerprint density at radius 1 is 1.00 bits per heavy atom. The van der Waals surface area contributed by atoms with Crippen LogP contribution in [-0.4, -0.2) is 36.1 Å². The van der Waals surface area contributed by atoms with E-state index in [-0.39, 0.29) is 24.0 Å². The topological polar surface area (TPSA) is 102 Å². The van der Waals surface area contributed by atoms with Crippen molar-refractivity contribution in [2.45, 2.75) is 37.8 Å². The van der Waals surface area contributed by atoms with Crippen molar-refractivity contribution < 1.29 is 19.1 Å². The van der Waals surface area contributed by atoms with Crippen LogP contribution in [0.25, 0.3) is 10.9 Å². The first-order valence-electron chi connectivity index (χ1n) is 10.8. The summed E-state index contributed by atoms with van der Waals surface area (Å²) in [5.41, 5.74) is 1.36. The highest BCUT2D eigenvalue weighted by Crippen LogP contribution is 2.36. The molecule has 2 saturated carbocycles. The van der Waals surface area contributed by atoms with Crippen LogP contribution in [0, 0.1) is 0 Å². The number of anilines is 1. The van der Waals surface area contributed by atoms with Gasteiger partial charge < -0.3 is 25.4 Å². The molecule has 170 valence electrons. The summed E-state index contributed by atoms with van der Waals surface area (Å²) in [5, 5.41) is 9.62. The lowest BCUT2D eigenvalue weighted by Gasteiger charge is -2.15. The molecule has 0 bridgehead atoms. The van der Waals surface area contributed by atoms with Crippen LogP contribution < -0.4 is 25.4 Å². The van der Waals surface area contributed by atoms with Crippen LogP contribution >= 0.6 is 11.6 Å². The van der Waals surface area contributed by atoms with E-state index in [2.05, 4.69) is 20.9 Å². The monoisotopic (exact) mass is 466 g/mol. The number of hydrogen-bond acceptors (Lipinski definition) is 5. The maximum Gasteiger partial charge on any atom is 0.319 e. The molecule has 8 nitrogen and oxygen atoms in total. The van der Waals surface area contributed by atoms with Crippen molar-refractivity contribution in [2.75, 3.05) is 12.4 Å². The third-order valence-electron chi connectivity index (χ3n) is 5.52. The third kappa shape index (κ3) is 4.80. The molecule has 0 atom stereocenters. The average Bonchev–Trinajstić information content (AvgIpc) is 3.72. The maximum atomic E-state index is 12.9. The largest absolute Gasteiger partial charge is 0.496 e. The van der Waals surface area contributed by atoms with Gasteiger partial charge in [-0.05, 0) is 56.0 Å². The van der Waals surface area contributed by atoms with Gasteiger partial charge in [0, 0.05) is 29.7 Å². The Labute approximate surface area is 195 Å². The Morgan fingerprint density at radius 2 is 1.76 bits per heavy atom. The van der Waals surface area contributed by atoms with E-state index in [1.165, 1.54) is 7.11 Å². The second kappa shape index (κ2) is 8.78. The Morgan fingerprint density at radius 3 is 2.45 bits per heavy atom. The zero-order valence-electron chi connectivity index (χ0n) is 18.0. The van der Waals surface area contributed by atoms with Gasteiger partial charge in [0.2, 0.25) is 0 Å². The standard InChI is InChI=1S/C24H23ClN4O4/c1-32-20-9-7-16-19(10-11-26-22(16)21(20)23(30)27-13-2-3-13)33-15-6-8-18(17(25)12-15)29-24(31)28-14-4-5-14/h6-14H,2-5H2,1H3,(H,27,30)(H2,28,29,31). The summed E-state index contributed by atoms with van der Waals surface area (Å²) in [4.78, 5) is 29.3. The van der Waals surface area contributed by atoms with E-state index < -0.39 is 0 Å². The number of benzene rings is 2. The molecule has 3 aromatic rings. The second-order valence-electron chi connectivity index (χ2n) is 8.21. The molecule has 0 saturated heterocycles. The van der Waals surface area contributed by atoms with Gasteiger partial charge in [0.1, 0.15) is 22.8 Å². The van der Waals surface area contributed by atoms with Crippen LogP contribution in [-0.2, 0) is 0 Å². The molecule has 33 heavy (non-hydrogen) atoms. The number of nitrogens with zero attached hydrogens (tertiary/aromatic N) is 1. The minimum absolute atomic E-state index is 0.206. The van der Waals surface area contributed by atoms with Crippen LogP contribution in [0.5, 0.6) is 17.2 Å². The zero-order valence-corrected chi connectivity index (χ0v) is 18.7. The fourth-order valence-electron chi connectivity index (χ4n) is 3.50. The SMILES string of the molecule is COc1ccc2c(Oc3ccc(NC(=O)NC4CC4)c(Cl)c3)ccnc2c1C(=O)NC1CC1. The van der Waals surface area contributed by atoms with Crippen molar-refractivity contribution in [1.82, 2.24) is 15.6 Å². The van der Waals surface area contributed by atoms with E-state index in [1.807, 2.05) is 6.07 Å². The zero-order chi connectivity index (χ0) is 22.9. The van der Waals surface area contributed by atoms with Gasteiger partial charge in [0.05, 0.1) is 23.3 Å². The minimum Gasteiger partial charge on any atom is -0.496 e. The third-order valence-corrected chi connectivity index (χ3v) is 5.84. The smallest absolute Gasteiger partial charge is 0.319 e. The molecule has 2 aromatic carbocycles. The first-order chi connectivity index (χ1) is 16.0. The number of nitrogens with one attached hydrogen (secondary N) is 3. The van der Waals surface area contributed by atoms with Gasteiger partial charge in [-0.2, -0.15) is 0 Å². The van der Waals surface area contributed by atoms with Gasteiger partial charge >= 0.3 is 6.03 Å². The molecule has 2 fully saturated rings. The fourth-order valence-corrected chi connectivity index (χ4v) is 3.72. The van der Waals surface area contributed by atoms with E-state index in [4.69, 9.17) is 21.1 Å². The van der Waals surface area contributed by atoms with Crippen molar-refractivity contribution in [2.24, 2.45) is 0 Å². The predicted octanol–water partition coefficient (Wildman–Crippen LogP) is 4.87. The lowest BCUT2D eigenvalue weighted by Crippen LogP contribution is -2.30. The van der Waals surface area contributed by atoms with E-state index in [9.17, 15) is 9.59 Å². The number of halogens is 1. The van der Waals surface area contributed by atoms with E-state index in [0.29, 0.717) is 44.4 Å². The number of carbonyl (C=O) groups is 2. The highest BCUT2D eigenvalue weighted by atomic mass is 35.5. The molecule has 9 heteroatoms. The molecule has 2 aliphatic rings. The molecule has 2 aliphatic carbocycles. The van der Waals surface area contributed by atoms with Gasteiger partial charge in [-0.3, -0.25) is 9.78 Å². The number of aromatic nitrogens is 1. The summed E-state index contributed by atoms with van der Waals surface area (Å²) < 4.78 is 11.5. The molecule has 0 radical (unpaired) electrons. The maximum absolute atomic E-state index is 12.9. The number of methoxy groups -OCH3 is 1. The predicted molar refractivity (Wildman–Crippen MR) is 125 cm³/mol. The van der Waals surface area contributed by atoms with E-state index in [1.54, 1.807) is 36.5 Å². The quantitative estimate of drug-likeness (QED) is 0.461. The molecule has 0 aliphatic heterocycles. The Hall–Kier alpha value is -3.52. The number of fused-ring (bicyclic) bond motifs is 1. The summed E-state index contributed by atoms with van der Waals surface area (Å²) in [5.74, 6) is 1.24. The van der Waals surface area contributed by atoms with Crippen LogP contribution in [0.2, 0.25) is 5.02 Å². The van der Waals surface area contributed by atoms with Crippen LogP contribution in [0.15, 0.2) is 42.6 Å². The van der Waals surface area contributed by atoms with E-state index >= 15 is 0 Å². The molecule has 0 spiro atoms. The molecule has 1 heterocycles. The van der Waals surface area contributed by atoms with Gasteiger partial charge in [-0.15, -0.1) is 0 Å². The Bertz CT molecular complexity index is 1240. The van der Waals surface area contributed by atoms with Crippen molar-refractivity contribution in [3.63, 3.8) is 0 Å². The Balaban J connectivity index is 1.41. The summed E-state index contributed by atoms with van der Waals surface area (Å²) in [7, 11) is 1.53. The highest BCUT2D eigenvalue weighted by Gasteiger charge is 2.27. The number of pyridine rings is 1. The molecule has 0 unspecified atom stereocenters. The Kier molecular flexibility index (Phi) is 5.68. The van der Waals surface area contributed by atoms with Crippen molar-refractivity contribution in [3.05, 3.63) is 53.2 Å². The molecule has 3 N–H and O–H groups in total. The van der Waals surface area contributed by atoms with Gasteiger partial charge in [-0.1, -0.05) is 11.6 Å². The van der Waals surface area contributed by atoms with Gasteiger partial charge in [0.25, 0.3) is 5.91 Å². The van der Waals surface area contributed by atoms with Crippen molar-refractivity contribution in [1.29, 1.82) is 0 Å². The number of carbonyl (C=O) groups excluding carboxylic acids is 2. The summed E-state index contributed by atoms with van der Waals surface area (Å²) >= 11 is 6.37.